The van der Waals surface area contributed by atoms with E-state index in [2.05, 4.69) is 84.2 Å². The van der Waals surface area contributed by atoms with Gasteiger partial charge < -0.3 is 14.6 Å². The summed E-state index contributed by atoms with van der Waals surface area (Å²) in [6.45, 7) is 8.56. The van der Waals surface area contributed by atoms with E-state index in [-0.39, 0.29) is 35.9 Å². The number of benzene rings is 1. The average molecular weight is 674 g/mol. The zero-order valence-corrected chi connectivity index (χ0v) is 29.7. The number of fused-ring (bicyclic) bond motifs is 2. The summed E-state index contributed by atoms with van der Waals surface area (Å²) in [7, 11) is 0. The lowest BCUT2D eigenvalue weighted by molar-refractivity contribution is -0.197. The third-order valence-electron chi connectivity index (χ3n) is 14.0. The SMILES string of the molecule is CC(C)C1=CC2CC3(C=O)[C@@H]4CC[C@@H](C)[C@H]4CC2(C2CC(Cc4ccccc4)C(CN(Cc4ccccn4)Cc4ccccn4)O2)C13C(=O)O. The number of carbonyl (C=O) groups is 2. The minimum absolute atomic E-state index is 0.0123. The predicted octanol–water partition coefficient (Wildman–Crippen LogP) is 7.42. The first kappa shape index (κ1) is 33.5. The summed E-state index contributed by atoms with van der Waals surface area (Å²) in [6.07, 6.45) is 11.8. The van der Waals surface area contributed by atoms with Crippen molar-refractivity contribution in [3.63, 3.8) is 0 Å². The van der Waals surface area contributed by atoms with E-state index in [1.807, 2.05) is 36.7 Å². The number of aliphatic carboxylic acids is 1. The number of carboxylic acids is 1. The monoisotopic (exact) mass is 673 g/mol. The van der Waals surface area contributed by atoms with E-state index in [0.717, 1.165) is 55.4 Å². The summed E-state index contributed by atoms with van der Waals surface area (Å²) in [5.41, 5.74) is 1.43. The van der Waals surface area contributed by atoms with Crippen LogP contribution in [0.3, 0.4) is 0 Å². The molecule has 2 aromatic heterocycles. The summed E-state index contributed by atoms with van der Waals surface area (Å²) in [5.74, 6) is 0.335. The van der Waals surface area contributed by atoms with Crippen molar-refractivity contribution in [3.05, 3.63) is 108 Å². The third-order valence-corrected chi connectivity index (χ3v) is 14.0. The fraction of sp³-hybridized carbons (Fsp3) is 0.535. The molecule has 0 spiro atoms. The average Bonchev–Trinajstić information content (AvgIpc) is 3.83. The molecule has 4 fully saturated rings. The van der Waals surface area contributed by atoms with Crippen molar-refractivity contribution in [2.24, 2.45) is 51.8 Å². The predicted molar refractivity (Wildman–Crippen MR) is 192 cm³/mol. The van der Waals surface area contributed by atoms with Gasteiger partial charge in [-0.1, -0.05) is 81.3 Å². The number of nitrogens with zero attached hydrogens (tertiary/aromatic N) is 3. The number of carboxylic acid groups (broad SMARTS) is 1. The fourth-order valence-electron chi connectivity index (χ4n) is 12.2. The van der Waals surface area contributed by atoms with Crippen LogP contribution in [0.5, 0.6) is 0 Å². The standard InChI is InChI=1S/C43H51N3O4/c1-28(2)37-21-32-22-41(27-47)36-16-15-29(3)35(36)23-42(32,43(37,41)40(48)49)39-20-31(19-30-11-5-4-6-12-30)38(50-39)26-46(24-33-13-7-9-17-44-33)25-34-14-8-10-18-45-34/h4-14,17-18,21,27-29,31-32,35-36,38-39H,15-16,19-20,22-26H2,1-3H3,(H,48,49)/t29-,31?,32?,35-,36-,38?,39?,41?,42?,43?/m1/s1. The number of ether oxygens (including phenoxy) is 1. The molecule has 1 saturated heterocycles. The van der Waals surface area contributed by atoms with Gasteiger partial charge in [0.05, 0.1) is 29.0 Å². The van der Waals surface area contributed by atoms with Gasteiger partial charge in [-0.3, -0.25) is 19.7 Å². The number of pyridine rings is 2. The van der Waals surface area contributed by atoms with E-state index in [1.165, 1.54) is 5.56 Å². The van der Waals surface area contributed by atoms with Crippen molar-refractivity contribution in [1.29, 1.82) is 0 Å². The minimum atomic E-state index is -1.25. The van der Waals surface area contributed by atoms with Gasteiger partial charge in [-0.05, 0) is 97.4 Å². The molecule has 7 heteroatoms. The zero-order valence-electron chi connectivity index (χ0n) is 29.7. The number of allylic oxidation sites excluding steroid dienone is 1. The second kappa shape index (κ2) is 12.8. The van der Waals surface area contributed by atoms with E-state index in [0.29, 0.717) is 37.9 Å². The van der Waals surface area contributed by atoms with Crippen LogP contribution in [0, 0.1) is 51.8 Å². The number of rotatable bonds is 12. The zero-order chi connectivity index (χ0) is 34.7. The molecule has 1 N–H and O–H groups in total. The first-order chi connectivity index (χ1) is 24.2. The van der Waals surface area contributed by atoms with Gasteiger partial charge >= 0.3 is 5.97 Å². The summed E-state index contributed by atoms with van der Waals surface area (Å²) >= 11 is 0. The largest absolute Gasteiger partial charge is 0.481 e. The van der Waals surface area contributed by atoms with Gasteiger partial charge in [0.15, 0.2) is 0 Å². The Morgan fingerprint density at radius 3 is 2.26 bits per heavy atom. The molecule has 3 aromatic rings. The number of aldehydes is 1. The maximum atomic E-state index is 14.3. The van der Waals surface area contributed by atoms with E-state index in [4.69, 9.17) is 4.74 Å². The molecule has 4 bridgehead atoms. The molecule has 1 aromatic carbocycles. The van der Waals surface area contributed by atoms with Gasteiger partial charge in [0.25, 0.3) is 0 Å². The Morgan fingerprint density at radius 1 is 0.980 bits per heavy atom. The second-order valence-electron chi connectivity index (χ2n) is 16.5. The molecule has 0 radical (unpaired) electrons. The van der Waals surface area contributed by atoms with E-state index < -0.39 is 22.2 Å². The lowest BCUT2D eigenvalue weighted by Gasteiger charge is -2.60. The van der Waals surface area contributed by atoms with Gasteiger partial charge in [0, 0.05) is 37.4 Å². The smallest absolute Gasteiger partial charge is 0.315 e. The molecule has 50 heavy (non-hydrogen) atoms. The number of aromatic nitrogens is 2. The molecule has 10 atom stereocenters. The topological polar surface area (TPSA) is 92.6 Å². The number of carbonyl (C=O) groups excluding carboxylic acids is 1. The Morgan fingerprint density at radius 2 is 1.66 bits per heavy atom. The van der Waals surface area contributed by atoms with Crippen LogP contribution < -0.4 is 0 Å². The van der Waals surface area contributed by atoms with Crippen LogP contribution in [0.2, 0.25) is 0 Å². The van der Waals surface area contributed by atoms with Crippen LogP contribution in [0.4, 0.5) is 0 Å². The molecule has 7 nitrogen and oxygen atoms in total. The van der Waals surface area contributed by atoms with Crippen molar-refractivity contribution in [3.8, 4) is 0 Å². The lowest BCUT2D eigenvalue weighted by atomic mass is 9.41. The second-order valence-corrected chi connectivity index (χ2v) is 16.5. The highest BCUT2D eigenvalue weighted by molar-refractivity contribution is 5.90. The molecule has 3 heterocycles. The lowest BCUT2D eigenvalue weighted by Crippen LogP contribution is -2.65. The van der Waals surface area contributed by atoms with Crippen molar-refractivity contribution in [1.82, 2.24) is 14.9 Å². The maximum Gasteiger partial charge on any atom is 0.315 e. The summed E-state index contributed by atoms with van der Waals surface area (Å²) < 4.78 is 7.47. The molecule has 0 amide bonds. The Kier molecular flexibility index (Phi) is 8.58. The highest BCUT2D eigenvalue weighted by Gasteiger charge is 2.86. The Bertz CT molecular complexity index is 1690. The van der Waals surface area contributed by atoms with Crippen LogP contribution in [-0.4, -0.2) is 51.0 Å². The molecular formula is C43H51N3O4. The number of hydrogen-bond acceptors (Lipinski definition) is 6. The Balaban J connectivity index is 1.21. The van der Waals surface area contributed by atoms with Crippen LogP contribution in [-0.2, 0) is 33.8 Å². The van der Waals surface area contributed by atoms with Gasteiger partial charge in [0.2, 0.25) is 0 Å². The maximum absolute atomic E-state index is 14.3. The van der Waals surface area contributed by atoms with E-state index in [1.54, 1.807) is 0 Å². The highest BCUT2D eigenvalue weighted by atomic mass is 16.5. The highest BCUT2D eigenvalue weighted by Crippen LogP contribution is 2.84. The van der Waals surface area contributed by atoms with Crippen LogP contribution >= 0.6 is 0 Å². The molecule has 262 valence electrons. The van der Waals surface area contributed by atoms with Gasteiger partial charge in [-0.2, -0.15) is 0 Å². The number of hydrogen-bond donors (Lipinski definition) is 1. The molecule has 4 aliphatic carbocycles. The molecule has 1 aliphatic heterocycles. The molecular weight excluding hydrogens is 622 g/mol. The quantitative estimate of drug-likeness (QED) is 0.158. The molecule has 5 aliphatic rings. The third kappa shape index (κ3) is 4.90. The van der Waals surface area contributed by atoms with Crippen LogP contribution in [0.25, 0.3) is 0 Å². The first-order valence-electron chi connectivity index (χ1n) is 18.9. The van der Waals surface area contributed by atoms with Crippen molar-refractivity contribution < 1.29 is 19.4 Å². The summed E-state index contributed by atoms with van der Waals surface area (Å²) in [5, 5.41) is 11.7. The molecule has 7 unspecified atom stereocenters. The molecule has 3 saturated carbocycles. The van der Waals surface area contributed by atoms with E-state index >= 15 is 0 Å². The summed E-state index contributed by atoms with van der Waals surface area (Å²) in [4.78, 5) is 39.7. The first-order valence-corrected chi connectivity index (χ1v) is 18.9. The Hall–Kier alpha value is -3.68. The molecule has 8 rings (SSSR count). The van der Waals surface area contributed by atoms with Crippen LogP contribution in [0.15, 0.2) is 90.8 Å². The van der Waals surface area contributed by atoms with E-state index in [9.17, 15) is 14.7 Å². The van der Waals surface area contributed by atoms with Crippen molar-refractivity contribution in [2.45, 2.75) is 84.6 Å². The van der Waals surface area contributed by atoms with Gasteiger partial charge in [0.1, 0.15) is 11.7 Å². The van der Waals surface area contributed by atoms with Gasteiger partial charge in [-0.25, -0.2) is 0 Å². The van der Waals surface area contributed by atoms with Crippen molar-refractivity contribution >= 4 is 12.3 Å². The normalized spacial score (nSPS) is 36.9. The van der Waals surface area contributed by atoms with Crippen LogP contribution in [0.1, 0.15) is 69.8 Å². The minimum Gasteiger partial charge on any atom is -0.481 e. The fourth-order valence-corrected chi connectivity index (χ4v) is 12.2. The summed E-state index contributed by atoms with van der Waals surface area (Å²) in [6, 6.07) is 22.7. The van der Waals surface area contributed by atoms with Crippen molar-refractivity contribution in [2.75, 3.05) is 6.54 Å². The van der Waals surface area contributed by atoms with Gasteiger partial charge in [-0.15, -0.1) is 0 Å². The Labute approximate surface area is 296 Å².